The Balaban J connectivity index is 2.66. The zero-order chi connectivity index (χ0) is 12.4. The van der Waals surface area contributed by atoms with Gasteiger partial charge in [0, 0.05) is 26.0 Å². The Morgan fingerprint density at radius 1 is 1.47 bits per heavy atom. The van der Waals surface area contributed by atoms with Crippen molar-refractivity contribution in [1.82, 2.24) is 14.5 Å². The van der Waals surface area contributed by atoms with Gasteiger partial charge in [-0.15, -0.1) is 0 Å². The molecule has 0 saturated carbocycles. The fourth-order valence-corrected chi connectivity index (χ4v) is 1.73. The molecule has 0 aliphatic rings. The van der Waals surface area contributed by atoms with Crippen LogP contribution in [0, 0.1) is 0 Å². The molecule has 2 heterocycles. The number of nitrogens with zero attached hydrogens (tertiary/aromatic N) is 3. The standard InChI is InChI=1S/C10H13N5O2/c1-17-5-4-15-8(11)6(9(12)16)7-10(15)14-3-2-13-7/h2-3H,4-5,11H2,1H3,(H2,12,16). The van der Waals surface area contributed by atoms with Crippen LogP contribution >= 0.6 is 0 Å². The molecule has 2 aromatic heterocycles. The van der Waals surface area contributed by atoms with E-state index in [1.807, 2.05) is 0 Å². The first-order valence-corrected chi connectivity index (χ1v) is 5.04. The first kappa shape index (κ1) is 11.3. The Kier molecular flexibility index (Phi) is 2.92. The Hall–Kier alpha value is -2.15. The number of methoxy groups -OCH3 is 1. The summed E-state index contributed by atoms with van der Waals surface area (Å²) in [7, 11) is 1.59. The Morgan fingerprint density at radius 3 is 2.82 bits per heavy atom. The topological polar surface area (TPSA) is 109 Å². The normalized spacial score (nSPS) is 10.9. The minimum atomic E-state index is -0.607. The van der Waals surface area contributed by atoms with Crippen LogP contribution in [0.4, 0.5) is 5.82 Å². The second kappa shape index (κ2) is 4.38. The Bertz CT molecular complexity index is 563. The maximum absolute atomic E-state index is 11.4. The van der Waals surface area contributed by atoms with Crippen LogP contribution in [0.2, 0.25) is 0 Å². The van der Waals surface area contributed by atoms with Crippen molar-refractivity contribution >= 4 is 22.9 Å². The molecule has 0 aliphatic heterocycles. The van der Waals surface area contributed by atoms with Gasteiger partial charge in [-0.2, -0.15) is 0 Å². The quantitative estimate of drug-likeness (QED) is 0.760. The first-order chi connectivity index (χ1) is 8.16. The minimum absolute atomic E-state index is 0.212. The molecule has 0 fully saturated rings. The molecule has 1 amide bonds. The summed E-state index contributed by atoms with van der Waals surface area (Å²) in [4.78, 5) is 19.6. The van der Waals surface area contributed by atoms with E-state index < -0.39 is 5.91 Å². The summed E-state index contributed by atoms with van der Waals surface area (Å²) < 4.78 is 6.65. The van der Waals surface area contributed by atoms with Crippen molar-refractivity contribution in [3.63, 3.8) is 0 Å². The molecule has 0 saturated heterocycles. The number of primary amides is 1. The van der Waals surface area contributed by atoms with Gasteiger partial charge in [0.1, 0.15) is 16.9 Å². The van der Waals surface area contributed by atoms with Crippen LogP contribution in [0.15, 0.2) is 12.4 Å². The second-order valence-corrected chi connectivity index (χ2v) is 3.50. The number of fused-ring (bicyclic) bond motifs is 1. The molecule has 90 valence electrons. The SMILES string of the molecule is COCCn1c(N)c(C(N)=O)c2nccnc21. The van der Waals surface area contributed by atoms with Crippen LogP contribution in [0.3, 0.4) is 0 Å². The van der Waals surface area contributed by atoms with E-state index in [2.05, 4.69) is 9.97 Å². The molecule has 7 heteroatoms. The molecule has 0 atom stereocenters. The van der Waals surface area contributed by atoms with Gasteiger partial charge in [0.2, 0.25) is 0 Å². The van der Waals surface area contributed by atoms with E-state index >= 15 is 0 Å². The number of amides is 1. The van der Waals surface area contributed by atoms with Gasteiger partial charge >= 0.3 is 0 Å². The predicted molar refractivity (Wildman–Crippen MR) is 62.3 cm³/mol. The van der Waals surface area contributed by atoms with E-state index in [-0.39, 0.29) is 11.4 Å². The zero-order valence-electron chi connectivity index (χ0n) is 9.38. The Morgan fingerprint density at radius 2 is 2.18 bits per heavy atom. The average molecular weight is 235 g/mol. The number of hydrogen-bond donors (Lipinski definition) is 2. The minimum Gasteiger partial charge on any atom is -0.384 e. The highest BCUT2D eigenvalue weighted by molar-refractivity contribution is 6.08. The van der Waals surface area contributed by atoms with Crippen molar-refractivity contribution in [2.75, 3.05) is 19.5 Å². The van der Waals surface area contributed by atoms with Gasteiger partial charge in [0.25, 0.3) is 5.91 Å². The van der Waals surface area contributed by atoms with E-state index in [1.54, 1.807) is 11.7 Å². The van der Waals surface area contributed by atoms with E-state index in [0.717, 1.165) is 0 Å². The van der Waals surface area contributed by atoms with Crippen molar-refractivity contribution in [2.45, 2.75) is 6.54 Å². The lowest BCUT2D eigenvalue weighted by atomic mass is 10.3. The molecule has 7 nitrogen and oxygen atoms in total. The average Bonchev–Trinajstić information content (AvgIpc) is 2.58. The van der Waals surface area contributed by atoms with Gasteiger partial charge in [-0.1, -0.05) is 0 Å². The number of anilines is 1. The number of nitrogens with two attached hydrogens (primary N) is 2. The summed E-state index contributed by atoms with van der Waals surface area (Å²) in [5.74, 6) is -0.333. The number of carbonyl (C=O) groups is 1. The van der Waals surface area contributed by atoms with Crippen LogP contribution in [-0.4, -0.2) is 34.2 Å². The van der Waals surface area contributed by atoms with Gasteiger partial charge in [-0.3, -0.25) is 9.78 Å². The van der Waals surface area contributed by atoms with Crippen molar-refractivity contribution in [1.29, 1.82) is 0 Å². The van der Waals surface area contributed by atoms with E-state index in [9.17, 15) is 4.79 Å². The largest absolute Gasteiger partial charge is 0.384 e. The number of nitrogen functional groups attached to an aromatic ring is 1. The van der Waals surface area contributed by atoms with Gasteiger partial charge < -0.3 is 20.8 Å². The van der Waals surface area contributed by atoms with E-state index in [4.69, 9.17) is 16.2 Å². The number of carbonyl (C=O) groups excluding carboxylic acids is 1. The predicted octanol–water partition coefficient (Wildman–Crippen LogP) is -0.241. The molecule has 2 aromatic rings. The molecule has 17 heavy (non-hydrogen) atoms. The lowest BCUT2D eigenvalue weighted by molar-refractivity contribution is 0.100. The van der Waals surface area contributed by atoms with Crippen LogP contribution in [-0.2, 0) is 11.3 Å². The van der Waals surface area contributed by atoms with Crippen molar-refractivity contribution in [3.05, 3.63) is 18.0 Å². The van der Waals surface area contributed by atoms with Crippen molar-refractivity contribution < 1.29 is 9.53 Å². The summed E-state index contributed by atoms with van der Waals surface area (Å²) in [5, 5.41) is 0. The third-order valence-electron chi connectivity index (χ3n) is 2.48. The maximum Gasteiger partial charge on any atom is 0.254 e. The number of rotatable bonds is 4. The zero-order valence-corrected chi connectivity index (χ0v) is 9.38. The highest BCUT2D eigenvalue weighted by atomic mass is 16.5. The van der Waals surface area contributed by atoms with Gasteiger partial charge in [0.15, 0.2) is 5.65 Å². The first-order valence-electron chi connectivity index (χ1n) is 5.04. The molecule has 0 aromatic carbocycles. The van der Waals surface area contributed by atoms with Crippen LogP contribution < -0.4 is 11.5 Å². The molecule has 0 radical (unpaired) electrons. The molecule has 0 spiro atoms. The van der Waals surface area contributed by atoms with Crippen LogP contribution in [0.1, 0.15) is 10.4 Å². The lowest BCUT2D eigenvalue weighted by Crippen LogP contribution is -2.15. The summed E-state index contributed by atoms with van der Waals surface area (Å²) >= 11 is 0. The fraction of sp³-hybridized carbons (Fsp3) is 0.300. The van der Waals surface area contributed by atoms with Gasteiger partial charge in [-0.25, -0.2) is 4.98 Å². The summed E-state index contributed by atoms with van der Waals surface area (Å²) in [6, 6.07) is 0. The number of ether oxygens (including phenoxy) is 1. The third-order valence-corrected chi connectivity index (χ3v) is 2.48. The highest BCUT2D eigenvalue weighted by Crippen LogP contribution is 2.24. The van der Waals surface area contributed by atoms with E-state index in [1.165, 1.54) is 12.4 Å². The smallest absolute Gasteiger partial charge is 0.254 e. The summed E-state index contributed by atoms with van der Waals surface area (Å²) in [6.45, 7) is 0.952. The monoisotopic (exact) mass is 235 g/mol. The van der Waals surface area contributed by atoms with Gasteiger partial charge in [-0.05, 0) is 0 Å². The third kappa shape index (κ3) is 1.80. The molecular formula is C10H13N5O2. The molecule has 4 N–H and O–H groups in total. The second-order valence-electron chi connectivity index (χ2n) is 3.50. The maximum atomic E-state index is 11.4. The molecule has 0 aliphatic carbocycles. The lowest BCUT2D eigenvalue weighted by Gasteiger charge is -2.05. The summed E-state index contributed by atoms with van der Waals surface area (Å²) in [5.41, 5.74) is 12.4. The Labute approximate surface area is 97.4 Å². The molecular weight excluding hydrogens is 222 g/mol. The fourth-order valence-electron chi connectivity index (χ4n) is 1.73. The van der Waals surface area contributed by atoms with E-state index in [0.29, 0.717) is 24.3 Å². The van der Waals surface area contributed by atoms with Crippen molar-refractivity contribution in [2.24, 2.45) is 5.73 Å². The number of aromatic nitrogens is 3. The van der Waals surface area contributed by atoms with Crippen molar-refractivity contribution in [3.8, 4) is 0 Å². The van der Waals surface area contributed by atoms with Crippen LogP contribution in [0.25, 0.3) is 11.2 Å². The molecule has 2 rings (SSSR count). The molecule has 0 bridgehead atoms. The van der Waals surface area contributed by atoms with Crippen LogP contribution in [0.5, 0.6) is 0 Å². The molecule has 0 unspecified atom stereocenters. The highest BCUT2D eigenvalue weighted by Gasteiger charge is 2.20. The van der Waals surface area contributed by atoms with Gasteiger partial charge in [0.05, 0.1) is 6.61 Å². The number of hydrogen-bond acceptors (Lipinski definition) is 5. The summed E-state index contributed by atoms with van der Waals surface area (Å²) in [6.07, 6.45) is 3.03.